The van der Waals surface area contributed by atoms with E-state index in [0.717, 1.165) is 0 Å². The van der Waals surface area contributed by atoms with E-state index < -0.39 is 66.6 Å². The van der Waals surface area contributed by atoms with Gasteiger partial charge in [-0.25, -0.2) is 0 Å². The van der Waals surface area contributed by atoms with Gasteiger partial charge in [0.05, 0.1) is 31.3 Å². The highest BCUT2D eigenvalue weighted by molar-refractivity contribution is 5.77. The summed E-state index contributed by atoms with van der Waals surface area (Å²) in [6, 6.07) is 0. The number of ether oxygens (including phenoxy) is 4. The number of aliphatic hydroxyl groups excluding tert-OH is 5. The molecule has 10 nitrogen and oxygen atoms in total. The molecule has 5 N–H and O–H groups in total. The molecule has 0 amide bonds. The molecule has 2 bridgehead atoms. The summed E-state index contributed by atoms with van der Waals surface area (Å²) in [6.45, 7) is 5.70. The van der Waals surface area contributed by atoms with Crippen LogP contribution in [0, 0.1) is 29.1 Å². The number of hydrogen-bond acceptors (Lipinski definition) is 10. The normalized spacial score (nSPS) is 58.0. The molecule has 0 aromatic heterocycles. The van der Waals surface area contributed by atoms with Gasteiger partial charge in [0.15, 0.2) is 6.29 Å². The molecule has 176 valence electrons. The Kier molecular flexibility index (Phi) is 5.01. The minimum atomic E-state index is -1.55. The molecule has 5 fully saturated rings. The van der Waals surface area contributed by atoms with Gasteiger partial charge in [-0.1, -0.05) is 20.8 Å². The Morgan fingerprint density at radius 3 is 2.42 bits per heavy atom. The van der Waals surface area contributed by atoms with Gasteiger partial charge < -0.3 is 44.5 Å². The van der Waals surface area contributed by atoms with Gasteiger partial charge >= 0.3 is 5.97 Å². The van der Waals surface area contributed by atoms with Crippen LogP contribution >= 0.6 is 0 Å². The van der Waals surface area contributed by atoms with E-state index in [9.17, 15) is 30.3 Å². The van der Waals surface area contributed by atoms with E-state index in [-0.39, 0.29) is 29.6 Å². The maximum atomic E-state index is 12.8. The number of carbonyl (C=O) groups excluding carboxylic acids is 1. The highest BCUT2D eigenvalue weighted by Gasteiger charge is 2.81. The second-order valence-electron chi connectivity index (χ2n) is 10.3. The average molecular weight is 444 g/mol. The fraction of sp³-hybridized carbons (Fsp3) is 0.952. The van der Waals surface area contributed by atoms with Gasteiger partial charge in [-0.3, -0.25) is 4.79 Å². The van der Waals surface area contributed by atoms with Crippen LogP contribution < -0.4 is 0 Å². The molecule has 0 unspecified atom stereocenters. The van der Waals surface area contributed by atoms with Crippen LogP contribution in [0.4, 0.5) is 0 Å². The summed E-state index contributed by atoms with van der Waals surface area (Å²) in [5, 5.41) is 51.3. The Labute approximate surface area is 180 Å². The smallest absolute Gasteiger partial charge is 0.310 e. The van der Waals surface area contributed by atoms with Gasteiger partial charge in [0.2, 0.25) is 0 Å². The molecule has 3 aliphatic heterocycles. The molecule has 0 radical (unpaired) electrons. The second kappa shape index (κ2) is 7.07. The molecule has 2 aliphatic carbocycles. The first-order chi connectivity index (χ1) is 14.6. The van der Waals surface area contributed by atoms with Gasteiger partial charge in [-0.15, -0.1) is 0 Å². The van der Waals surface area contributed by atoms with Crippen molar-refractivity contribution < 1.29 is 49.3 Å². The highest BCUT2D eigenvalue weighted by atomic mass is 16.7. The number of epoxide rings is 1. The van der Waals surface area contributed by atoms with Gasteiger partial charge in [0.25, 0.3) is 0 Å². The maximum absolute atomic E-state index is 12.8. The van der Waals surface area contributed by atoms with Crippen LogP contribution in [0.5, 0.6) is 0 Å². The van der Waals surface area contributed by atoms with Crippen LogP contribution in [0.15, 0.2) is 0 Å². The molecule has 0 aromatic carbocycles. The Hall–Kier alpha value is -0.850. The Balaban J connectivity index is 1.44. The molecule has 13 atom stereocenters. The van der Waals surface area contributed by atoms with Crippen molar-refractivity contribution in [3.05, 3.63) is 0 Å². The van der Waals surface area contributed by atoms with Gasteiger partial charge in [-0.2, -0.15) is 0 Å². The minimum absolute atomic E-state index is 0.109. The van der Waals surface area contributed by atoms with E-state index >= 15 is 0 Å². The molecule has 5 aliphatic rings. The molecular weight excluding hydrogens is 412 g/mol. The number of aliphatic hydroxyl groups is 5. The molecule has 5 rings (SSSR count). The molecule has 3 saturated heterocycles. The molecule has 0 aromatic rings. The second-order valence-corrected chi connectivity index (χ2v) is 10.3. The van der Waals surface area contributed by atoms with Crippen LogP contribution in [0.25, 0.3) is 0 Å². The van der Waals surface area contributed by atoms with Crippen molar-refractivity contribution in [3.8, 4) is 0 Å². The van der Waals surface area contributed by atoms with Crippen molar-refractivity contribution in [1.82, 2.24) is 0 Å². The van der Waals surface area contributed by atoms with E-state index in [1.165, 1.54) is 0 Å². The number of carbonyl (C=O) groups is 1. The Morgan fingerprint density at radius 1 is 1.16 bits per heavy atom. The summed E-state index contributed by atoms with van der Waals surface area (Å²) >= 11 is 0. The summed E-state index contributed by atoms with van der Waals surface area (Å²) in [7, 11) is 0. The Morgan fingerprint density at radius 2 is 1.84 bits per heavy atom. The molecule has 3 heterocycles. The quantitative estimate of drug-likeness (QED) is 0.246. The standard InChI is InChI=1S/C21H32O10/c1-7(2)11-12-8-4-10(30-19-15(25)14(24)13(23)9(5-22)29-19)21(6-28-21)20(8,3)17(26)16(11)31-18(12)27/h7-17,19,22-26H,4-6H2,1-3H3/t8-,9-,10+,11-,12+,13+,14-,15-,16+,17+,19-,20-,21-/m1/s1. The van der Waals surface area contributed by atoms with Crippen molar-refractivity contribution in [3.63, 3.8) is 0 Å². The van der Waals surface area contributed by atoms with Gasteiger partial charge in [0, 0.05) is 11.3 Å². The van der Waals surface area contributed by atoms with Crippen molar-refractivity contribution in [2.75, 3.05) is 13.2 Å². The fourth-order valence-electron chi connectivity index (χ4n) is 6.89. The monoisotopic (exact) mass is 444 g/mol. The van der Waals surface area contributed by atoms with Crippen LogP contribution in [-0.4, -0.2) is 99.3 Å². The first-order valence-electron chi connectivity index (χ1n) is 11.1. The van der Waals surface area contributed by atoms with Crippen LogP contribution in [-0.2, 0) is 23.7 Å². The SMILES string of the molecule is CC(C)[C@H]1[C@@H]2OC(=O)[C@H]1[C@H]1C[C@H](O[C@H]3O[C@H](CO)[C@H](O)[C@@H](O)[C@H]3O)[C@]3(CO3)[C@@]1(C)[C@H]2O. The van der Waals surface area contributed by atoms with Crippen molar-refractivity contribution >= 4 is 5.97 Å². The van der Waals surface area contributed by atoms with Gasteiger partial charge in [-0.05, 0) is 18.3 Å². The van der Waals surface area contributed by atoms with E-state index in [1.54, 1.807) is 0 Å². The number of fused-ring (bicyclic) bond motifs is 5. The average Bonchev–Trinajstić information content (AvgIpc) is 3.43. The minimum Gasteiger partial charge on any atom is -0.459 e. The first kappa shape index (κ1) is 22.0. The lowest BCUT2D eigenvalue weighted by Gasteiger charge is -2.49. The predicted molar refractivity (Wildman–Crippen MR) is 101 cm³/mol. The highest BCUT2D eigenvalue weighted by Crippen LogP contribution is 2.69. The largest absolute Gasteiger partial charge is 0.459 e. The summed E-state index contributed by atoms with van der Waals surface area (Å²) in [4.78, 5) is 12.8. The fourth-order valence-corrected chi connectivity index (χ4v) is 6.89. The maximum Gasteiger partial charge on any atom is 0.310 e. The zero-order valence-electron chi connectivity index (χ0n) is 17.8. The van der Waals surface area contributed by atoms with Crippen LogP contribution in [0.2, 0.25) is 0 Å². The summed E-state index contributed by atoms with van der Waals surface area (Å²) < 4.78 is 23.1. The van der Waals surface area contributed by atoms with Gasteiger partial charge in [0.1, 0.15) is 36.1 Å². The summed E-state index contributed by atoms with van der Waals surface area (Å²) in [6.07, 6.45) is -8.70. The zero-order chi connectivity index (χ0) is 22.5. The summed E-state index contributed by atoms with van der Waals surface area (Å²) in [5.74, 6) is -0.910. The van der Waals surface area contributed by atoms with Crippen LogP contribution in [0.3, 0.4) is 0 Å². The third-order valence-corrected chi connectivity index (χ3v) is 8.72. The molecule has 31 heavy (non-hydrogen) atoms. The lowest BCUT2D eigenvalue weighted by atomic mass is 9.55. The Bertz CT molecular complexity index is 738. The van der Waals surface area contributed by atoms with Crippen molar-refractivity contribution in [2.45, 2.75) is 81.8 Å². The van der Waals surface area contributed by atoms with Crippen molar-refractivity contribution in [2.24, 2.45) is 29.1 Å². The topological polar surface area (TPSA) is 158 Å². The van der Waals surface area contributed by atoms with E-state index in [4.69, 9.17) is 18.9 Å². The number of esters is 1. The van der Waals surface area contributed by atoms with E-state index in [2.05, 4.69) is 0 Å². The third kappa shape index (κ3) is 2.70. The molecule has 1 spiro atoms. The van der Waals surface area contributed by atoms with Crippen molar-refractivity contribution in [1.29, 1.82) is 0 Å². The number of rotatable bonds is 4. The molecule has 2 saturated carbocycles. The van der Waals surface area contributed by atoms with E-state index in [0.29, 0.717) is 13.0 Å². The number of hydrogen-bond donors (Lipinski definition) is 5. The molecule has 10 heteroatoms. The van der Waals surface area contributed by atoms with E-state index in [1.807, 2.05) is 20.8 Å². The predicted octanol–water partition coefficient (Wildman–Crippen LogP) is -1.84. The lowest BCUT2D eigenvalue weighted by molar-refractivity contribution is -0.315. The summed E-state index contributed by atoms with van der Waals surface area (Å²) in [5.41, 5.74) is -1.67. The third-order valence-electron chi connectivity index (χ3n) is 8.72. The lowest BCUT2D eigenvalue weighted by Crippen LogP contribution is -2.62. The zero-order valence-corrected chi connectivity index (χ0v) is 17.8. The molecular formula is C21H32O10. The van der Waals surface area contributed by atoms with Crippen LogP contribution in [0.1, 0.15) is 27.2 Å². The first-order valence-corrected chi connectivity index (χ1v) is 11.1.